The minimum Gasteiger partial charge on any atom is -0.505 e. The molecule has 0 aliphatic carbocycles. The maximum atomic E-state index is 12.5. The molecule has 1 heterocycles. The van der Waals surface area contributed by atoms with Crippen molar-refractivity contribution in [3.63, 3.8) is 0 Å². The number of pyridine rings is 1. The lowest BCUT2D eigenvalue weighted by atomic mass is 10.1. The summed E-state index contributed by atoms with van der Waals surface area (Å²) in [6.07, 6.45) is -2.09. The van der Waals surface area contributed by atoms with Crippen molar-refractivity contribution in [1.29, 1.82) is 0 Å². The maximum Gasteiger partial charge on any atom is 0.358 e. The van der Waals surface area contributed by atoms with Gasteiger partial charge in [-0.25, -0.2) is 18.6 Å². The zero-order chi connectivity index (χ0) is 11.6. The van der Waals surface area contributed by atoms with Gasteiger partial charge in [0.15, 0.2) is 11.4 Å². The number of carboxylic acids is 1. The highest BCUT2D eigenvalue weighted by Gasteiger charge is 2.24. The average Bonchev–Trinajstić information content (AvgIpc) is 2.15. The molecule has 0 aliphatic heterocycles. The van der Waals surface area contributed by atoms with Crippen molar-refractivity contribution in [2.45, 2.75) is 12.3 Å². The molecule has 2 N–H and O–H groups in total. The third-order valence-corrected chi connectivity index (χ3v) is 2.03. The van der Waals surface area contributed by atoms with Gasteiger partial charge >= 0.3 is 5.97 Å². The molecular formula is C8H6ClF2NO3. The number of alkyl halides is 3. The zero-order valence-corrected chi connectivity index (χ0v) is 8.00. The van der Waals surface area contributed by atoms with Gasteiger partial charge in [-0.1, -0.05) is 0 Å². The van der Waals surface area contributed by atoms with Gasteiger partial charge in [0.2, 0.25) is 0 Å². The summed E-state index contributed by atoms with van der Waals surface area (Å²) in [5.74, 6) is -2.88. The summed E-state index contributed by atoms with van der Waals surface area (Å²) in [4.78, 5) is 13.8. The van der Waals surface area contributed by atoms with Crippen LogP contribution in [0.25, 0.3) is 0 Å². The standard InChI is InChI=1S/C8H6ClF2NO3/c9-1-3-2-12-5(8(14)15)6(13)4(3)7(10)11/h2,7,13H,1H2,(H,14,15). The number of carbonyl (C=O) groups is 1. The number of halogens is 3. The first-order valence-electron chi connectivity index (χ1n) is 3.77. The number of carboxylic acid groups (broad SMARTS) is 1. The summed E-state index contributed by atoms with van der Waals surface area (Å²) >= 11 is 5.35. The molecule has 0 saturated heterocycles. The average molecular weight is 238 g/mol. The molecule has 0 fully saturated rings. The molecule has 1 aromatic heterocycles. The summed E-state index contributed by atoms with van der Waals surface area (Å²) in [6.45, 7) is 0. The van der Waals surface area contributed by atoms with Crippen molar-refractivity contribution in [2.75, 3.05) is 0 Å². The van der Waals surface area contributed by atoms with E-state index in [2.05, 4.69) is 4.98 Å². The van der Waals surface area contributed by atoms with Crippen LogP contribution in [0.2, 0.25) is 0 Å². The van der Waals surface area contributed by atoms with E-state index in [1.165, 1.54) is 0 Å². The van der Waals surface area contributed by atoms with Crippen LogP contribution >= 0.6 is 11.6 Å². The van der Waals surface area contributed by atoms with Gasteiger partial charge in [-0.05, 0) is 5.56 Å². The lowest BCUT2D eigenvalue weighted by Gasteiger charge is -2.09. The molecule has 7 heteroatoms. The van der Waals surface area contributed by atoms with Crippen molar-refractivity contribution in [2.24, 2.45) is 0 Å². The number of rotatable bonds is 3. The SMILES string of the molecule is O=C(O)c1ncc(CCl)c(C(F)F)c1O. The molecule has 0 amide bonds. The number of aromatic hydroxyl groups is 1. The minimum absolute atomic E-state index is 0.0887. The van der Waals surface area contributed by atoms with Crippen molar-refractivity contribution in [1.82, 2.24) is 4.98 Å². The van der Waals surface area contributed by atoms with Gasteiger partial charge in [-0.15, -0.1) is 11.6 Å². The van der Waals surface area contributed by atoms with Crippen molar-refractivity contribution < 1.29 is 23.8 Å². The molecule has 0 spiro atoms. The molecule has 0 atom stereocenters. The lowest BCUT2D eigenvalue weighted by molar-refractivity contribution is 0.0685. The lowest BCUT2D eigenvalue weighted by Crippen LogP contribution is -2.05. The number of aromatic nitrogens is 1. The van der Waals surface area contributed by atoms with E-state index in [1.54, 1.807) is 0 Å². The first-order valence-corrected chi connectivity index (χ1v) is 4.30. The van der Waals surface area contributed by atoms with Gasteiger partial charge in [0.05, 0.1) is 5.56 Å². The smallest absolute Gasteiger partial charge is 0.358 e. The number of nitrogens with zero attached hydrogens (tertiary/aromatic N) is 1. The highest BCUT2D eigenvalue weighted by Crippen LogP contribution is 2.33. The van der Waals surface area contributed by atoms with Gasteiger partial charge < -0.3 is 10.2 Å². The Balaban J connectivity index is 3.42. The monoisotopic (exact) mass is 237 g/mol. The van der Waals surface area contributed by atoms with Crippen LogP contribution in [-0.2, 0) is 5.88 Å². The zero-order valence-electron chi connectivity index (χ0n) is 7.25. The second-order valence-electron chi connectivity index (χ2n) is 2.63. The highest BCUT2D eigenvalue weighted by atomic mass is 35.5. The Morgan fingerprint density at radius 3 is 2.60 bits per heavy atom. The van der Waals surface area contributed by atoms with Crippen LogP contribution in [0.4, 0.5) is 8.78 Å². The normalized spacial score (nSPS) is 10.7. The molecule has 0 unspecified atom stereocenters. The number of hydrogen-bond donors (Lipinski definition) is 2. The maximum absolute atomic E-state index is 12.5. The fraction of sp³-hybridized carbons (Fsp3) is 0.250. The van der Waals surface area contributed by atoms with Crippen LogP contribution in [-0.4, -0.2) is 21.2 Å². The Labute approximate surface area is 88.1 Å². The van der Waals surface area contributed by atoms with E-state index in [0.717, 1.165) is 6.20 Å². The van der Waals surface area contributed by atoms with Crippen LogP contribution in [0.5, 0.6) is 5.75 Å². The van der Waals surface area contributed by atoms with Crippen molar-refractivity contribution >= 4 is 17.6 Å². The van der Waals surface area contributed by atoms with E-state index in [-0.39, 0.29) is 11.4 Å². The third kappa shape index (κ3) is 2.15. The number of hydrogen-bond acceptors (Lipinski definition) is 3. The van der Waals surface area contributed by atoms with Crippen LogP contribution < -0.4 is 0 Å². The van der Waals surface area contributed by atoms with Gasteiger partial charge in [0.25, 0.3) is 6.43 Å². The van der Waals surface area contributed by atoms with E-state index in [4.69, 9.17) is 16.7 Å². The molecule has 82 valence electrons. The third-order valence-electron chi connectivity index (χ3n) is 1.74. The Morgan fingerprint density at radius 2 is 2.20 bits per heavy atom. The Hall–Kier alpha value is -1.43. The summed E-state index contributed by atoms with van der Waals surface area (Å²) < 4.78 is 25.0. The van der Waals surface area contributed by atoms with E-state index >= 15 is 0 Å². The Morgan fingerprint density at radius 1 is 1.60 bits per heavy atom. The van der Waals surface area contributed by atoms with E-state index in [0.29, 0.717) is 0 Å². The summed E-state index contributed by atoms with van der Waals surface area (Å²) in [5.41, 5.74) is -1.68. The van der Waals surface area contributed by atoms with Crippen molar-refractivity contribution in [3.8, 4) is 5.75 Å². The highest BCUT2D eigenvalue weighted by molar-refractivity contribution is 6.17. The molecular weight excluding hydrogens is 232 g/mol. The molecule has 15 heavy (non-hydrogen) atoms. The predicted molar refractivity (Wildman–Crippen MR) is 47.4 cm³/mol. The van der Waals surface area contributed by atoms with E-state index in [9.17, 15) is 18.7 Å². The fourth-order valence-electron chi connectivity index (χ4n) is 1.06. The van der Waals surface area contributed by atoms with Crippen LogP contribution in [0.15, 0.2) is 6.20 Å². The molecule has 0 aromatic carbocycles. The Bertz CT molecular complexity index is 398. The molecule has 0 bridgehead atoms. The van der Waals surface area contributed by atoms with Crippen LogP contribution in [0.3, 0.4) is 0 Å². The topological polar surface area (TPSA) is 70.4 Å². The molecule has 0 saturated carbocycles. The van der Waals surface area contributed by atoms with Crippen LogP contribution in [0.1, 0.15) is 28.0 Å². The first kappa shape index (κ1) is 11.6. The quantitative estimate of drug-likeness (QED) is 0.791. The van der Waals surface area contributed by atoms with E-state index in [1.807, 2.05) is 0 Å². The second-order valence-corrected chi connectivity index (χ2v) is 2.90. The molecule has 0 aliphatic rings. The predicted octanol–water partition coefficient (Wildman–Crippen LogP) is 2.16. The largest absolute Gasteiger partial charge is 0.505 e. The van der Waals surface area contributed by atoms with Gasteiger partial charge in [-0.2, -0.15) is 0 Å². The first-order chi connectivity index (χ1) is 6.99. The molecule has 1 aromatic rings. The summed E-state index contributed by atoms with van der Waals surface area (Å²) in [6, 6.07) is 0. The van der Waals surface area contributed by atoms with Gasteiger partial charge in [0, 0.05) is 12.1 Å². The van der Waals surface area contributed by atoms with Crippen LogP contribution in [0, 0.1) is 0 Å². The summed E-state index contributed by atoms with van der Waals surface area (Å²) in [7, 11) is 0. The second kappa shape index (κ2) is 4.39. The van der Waals surface area contributed by atoms with Gasteiger partial charge in [0.1, 0.15) is 0 Å². The molecule has 1 rings (SSSR count). The van der Waals surface area contributed by atoms with E-state index < -0.39 is 29.4 Å². The molecule has 4 nitrogen and oxygen atoms in total. The number of aromatic carboxylic acids is 1. The summed E-state index contributed by atoms with van der Waals surface area (Å²) in [5, 5.41) is 17.8. The fourth-order valence-corrected chi connectivity index (χ4v) is 1.27. The Kier molecular flexibility index (Phi) is 3.41. The molecule has 0 radical (unpaired) electrons. The van der Waals surface area contributed by atoms with Crippen molar-refractivity contribution in [3.05, 3.63) is 23.0 Å². The van der Waals surface area contributed by atoms with Gasteiger partial charge in [-0.3, -0.25) is 0 Å². The minimum atomic E-state index is -3.00.